The molecule has 1 unspecified atom stereocenters. The zero-order chi connectivity index (χ0) is 13.0. The van der Waals surface area contributed by atoms with Crippen LogP contribution in [0.1, 0.15) is 44.5 Å². The molecular weight excluding hydrogens is 236 g/mol. The van der Waals surface area contributed by atoms with E-state index in [2.05, 4.69) is 10.1 Å². The lowest BCUT2D eigenvalue weighted by Crippen LogP contribution is -2.10. The minimum Gasteiger partial charge on any atom is -0.466 e. The van der Waals surface area contributed by atoms with Gasteiger partial charge in [-0.15, -0.1) is 0 Å². The lowest BCUT2D eigenvalue weighted by molar-refractivity contribution is -0.142. The van der Waals surface area contributed by atoms with Crippen LogP contribution >= 0.6 is 0 Å². The second-order valence-corrected chi connectivity index (χ2v) is 4.24. The first-order valence-electron chi connectivity index (χ1n) is 6.34. The molecule has 1 saturated carbocycles. The van der Waals surface area contributed by atoms with Gasteiger partial charge in [-0.25, -0.2) is 0 Å². The monoisotopic (exact) mass is 254 g/mol. The molecule has 0 saturated heterocycles. The maximum Gasteiger partial charge on any atom is 0.315 e. The topological polar surface area (TPSA) is 74.5 Å². The van der Waals surface area contributed by atoms with Crippen LogP contribution in [-0.4, -0.2) is 29.3 Å². The number of carbonyl (C=O) groups is 1. The normalized spacial score (nSPS) is 16.6. The Bertz CT molecular complexity index is 401. The summed E-state index contributed by atoms with van der Waals surface area (Å²) in [5.41, 5.74) is 0. The number of carbonyl (C=O) groups excluding carboxylic acids is 1. The molecule has 1 atom stereocenters. The Morgan fingerprint density at radius 3 is 2.83 bits per heavy atom. The van der Waals surface area contributed by atoms with Gasteiger partial charge >= 0.3 is 5.97 Å². The average molecular weight is 254 g/mol. The maximum absolute atomic E-state index is 11.3. The van der Waals surface area contributed by atoms with E-state index in [0.717, 1.165) is 12.8 Å². The fraction of sp³-hybridized carbons (Fsp3) is 0.750. The van der Waals surface area contributed by atoms with Crippen LogP contribution in [0, 0.1) is 5.92 Å². The predicted octanol–water partition coefficient (Wildman–Crippen LogP) is 1.66. The summed E-state index contributed by atoms with van der Waals surface area (Å²) in [6.45, 7) is 4.66. The Morgan fingerprint density at radius 1 is 1.44 bits per heavy atom. The fourth-order valence-corrected chi connectivity index (χ4v) is 1.79. The van der Waals surface area contributed by atoms with Gasteiger partial charge in [0.15, 0.2) is 0 Å². The van der Waals surface area contributed by atoms with E-state index in [1.807, 2.05) is 6.92 Å². The van der Waals surface area contributed by atoms with Crippen molar-refractivity contribution in [3.8, 4) is 0 Å². The first kappa shape index (κ1) is 13.0. The van der Waals surface area contributed by atoms with Crippen molar-refractivity contribution in [2.45, 2.75) is 39.2 Å². The quantitative estimate of drug-likeness (QED) is 0.689. The number of hydrogen-bond donors (Lipinski definition) is 0. The Hall–Kier alpha value is -1.43. The smallest absolute Gasteiger partial charge is 0.315 e. The van der Waals surface area contributed by atoms with E-state index in [1.54, 1.807) is 6.92 Å². The number of hydrogen-bond acceptors (Lipinski definition) is 6. The second-order valence-electron chi connectivity index (χ2n) is 4.24. The van der Waals surface area contributed by atoms with E-state index in [0.29, 0.717) is 25.0 Å². The highest BCUT2D eigenvalue weighted by Gasteiger charge is 2.36. The van der Waals surface area contributed by atoms with Crippen LogP contribution in [0.15, 0.2) is 4.52 Å². The summed E-state index contributed by atoms with van der Waals surface area (Å²) >= 11 is 0. The van der Waals surface area contributed by atoms with Gasteiger partial charge in [0.1, 0.15) is 12.5 Å². The highest BCUT2D eigenvalue weighted by Crippen LogP contribution is 2.42. The summed E-state index contributed by atoms with van der Waals surface area (Å²) in [5, 5.41) is 3.89. The molecule has 0 aromatic carbocycles. The molecule has 6 nitrogen and oxygen atoms in total. The molecule has 0 aliphatic heterocycles. The van der Waals surface area contributed by atoms with E-state index in [-0.39, 0.29) is 24.4 Å². The Kier molecular flexibility index (Phi) is 4.30. The van der Waals surface area contributed by atoms with Crippen LogP contribution in [0.4, 0.5) is 0 Å². The lowest BCUT2D eigenvalue weighted by atomic mass is 10.2. The highest BCUT2D eigenvalue weighted by atomic mass is 16.5. The summed E-state index contributed by atoms with van der Waals surface area (Å²) < 4.78 is 15.5. The Balaban J connectivity index is 1.97. The van der Waals surface area contributed by atoms with Gasteiger partial charge in [-0.1, -0.05) is 5.16 Å². The van der Waals surface area contributed by atoms with Gasteiger partial charge in [0.05, 0.1) is 6.61 Å². The molecule has 0 N–H and O–H groups in total. The lowest BCUT2D eigenvalue weighted by Gasteiger charge is -2.10. The molecule has 0 bridgehead atoms. The van der Waals surface area contributed by atoms with Crippen molar-refractivity contribution < 1.29 is 18.8 Å². The molecule has 1 fully saturated rings. The molecule has 1 aliphatic carbocycles. The Morgan fingerprint density at radius 2 is 2.22 bits per heavy atom. The highest BCUT2D eigenvalue weighted by molar-refractivity contribution is 5.71. The van der Waals surface area contributed by atoms with Gasteiger partial charge in [-0.2, -0.15) is 4.98 Å². The van der Waals surface area contributed by atoms with Crippen molar-refractivity contribution in [1.29, 1.82) is 0 Å². The molecule has 2 rings (SSSR count). The summed E-state index contributed by atoms with van der Waals surface area (Å²) in [6.07, 6.45) is 2.18. The first-order valence-corrected chi connectivity index (χ1v) is 6.34. The third-order valence-corrected chi connectivity index (χ3v) is 2.74. The molecule has 0 amide bonds. The van der Waals surface area contributed by atoms with Crippen LogP contribution in [0.5, 0.6) is 0 Å². The van der Waals surface area contributed by atoms with Gasteiger partial charge < -0.3 is 14.0 Å². The van der Waals surface area contributed by atoms with E-state index < -0.39 is 0 Å². The Labute approximate surface area is 106 Å². The molecule has 18 heavy (non-hydrogen) atoms. The molecule has 1 aromatic rings. The molecule has 1 aromatic heterocycles. The standard InChI is InChI=1S/C12H18N2O4/c1-3-16-10(15)7-9-13-12(14-18-9)11(17-4-2)8-5-6-8/h8,11H,3-7H2,1-2H3. The van der Waals surface area contributed by atoms with Gasteiger partial charge in [-0.3, -0.25) is 4.79 Å². The number of nitrogens with zero attached hydrogens (tertiary/aromatic N) is 2. The maximum atomic E-state index is 11.3. The van der Waals surface area contributed by atoms with Crippen LogP contribution in [0.3, 0.4) is 0 Å². The molecule has 6 heteroatoms. The van der Waals surface area contributed by atoms with Crippen molar-refractivity contribution in [3.05, 3.63) is 11.7 Å². The van der Waals surface area contributed by atoms with Gasteiger partial charge in [0, 0.05) is 6.61 Å². The minimum atomic E-state index is -0.355. The SMILES string of the molecule is CCOC(=O)Cc1nc(C(OCC)C2CC2)no1. The third kappa shape index (κ3) is 3.29. The van der Waals surface area contributed by atoms with Gasteiger partial charge in [0.25, 0.3) is 0 Å². The van der Waals surface area contributed by atoms with Gasteiger partial charge in [-0.05, 0) is 32.6 Å². The molecule has 0 radical (unpaired) electrons. The third-order valence-electron chi connectivity index (χ3n) is 2.74. The number of ether oxygens (including phenoxy) is 2. The van der Waals surface area contributed by atoms with Crippen LogP contribution in [0.2, 0.25) is 0 Å². The molecule has 0 spiro atoms. The summed E-state index contributed by atoms with van der Waals surface area (Å²) in [4.78, 5) is 15.5. The van der Waals surface area contributed by atoms with E-state index in [9.17, 15) is 4.79 Å². The largest absolute Gasteiger partial charge is 0.466 e. The summed E-state index contributed by atoms with van der Waals surface area (Å²) in [6, 6.07) is 0. The van der Waals surface area contributed by atoms with Crippen LogP contribution < -0.4 is 0 Å². The van der Waals surface area contributed by atoms with Crippen LogP contribution in [-0.2, 0) is 20.7 Å². The van der Waals surface area contributed by atoms with Crippen molar-refractivity contribution in [3.63, 3.8) is 0 Å². The summed E-state index contributed by atoms with van der Waals surface area (Å²) in [5.74, 6) is 0.956. The number of esters is 1. The number of rotatable bonds is 7. The predicted molar refractivity (Wildman–Crippen MR) is 61.7 cm³/mol. The molecule has 100 valence electrons. The van der Waals surface area contributed by atoms with E-state index in [1.165, 1.54) is 0 Å². The average Bonchev–Trinajstić information content (AvgIpc) is 3.07. The van der Waals surface area contributed by atoms with Crippen molar-refractivity contribution >= 4 is 5.97 Å². The zero-order valence-corrected chi connectivity index (χ0v) is 10.7. The molecule has 1 aliphatic rings. The molecule has 1 heterocycles. The second kappa shape index (κ2) is 5.95. The first-order chi connectivity index (χ1) is 8.74. The van der Waals surface area contributed by atoms with E-state index >= 15 is 0 Å². The minimum absolute atomic E-state index is 0.0182. The van der Waals surface area contributed by atoms with Crippen molar-refractivity contribution in [1.82, 2.24) is 10.1 Å². The van der Waals surface area contributed by atoms with Crippen molar-refractivity contribution in [2.24, 2.45) is 5.92 Å². The van der Waals surface area contributed by atoms with Crippen molar-refractivity contribution in [2.75, 3.05) is 13.2 Å². The number of aromatic nitrogens is 2. The fourth-order valence-electron chi connectivity index (χ4n) is 1.79. The zero-order valence-electron chi connectivity index (χ0n) is 10.7. The van der Waals surface area contributed by atoms with E-state index in [4.69, 9.17) is 14.0 Å². The van der Waals surface area contributed by atoms with Gasteiger partial charge in [0.2, 0.25) is 11.7 Å². The molecular formula is C12H18N2O4. The van der Waals surface area contributed by atoms with Crippen LogP contribution in [0.25, 0.3) is 0 Å². The summed E-state index contributed by atoms with van der Waals surface area (Å²) in [7, 11) is 0.